The van der Waals surface area contributed by atoms with Gasteiger partial charge in [-0.15, -0.1) is 0 Å². The zero-order valence-electron chi connectivity index (χ0n) is 13.1. The molecule has 3 rings (SSSR count). The average Bonchev–Trinajstić information content (AvgIpc) is 3.16. The molecule has 24 heavy (non-hydrogen) atoms. The first-order chi connectivity index (χ1) is 11.6. The predicted octanol–water partition coefficient (Wildman–Crippen LogP) is 0.885. The monoisotopic (exact) mass is 330 g/mol. The molecule has 3 amide bonds. The van der Waals surface area contributed by atoms with Gasteiger partial charge in [0.25, 0.3) is 17.7 Å². The third-order valence-corrected chi connectivity index (χ3v) is 4.25. The summed E-state index contributed by atoms with van der Waals surface area (Å²) in [5, 5.41) is 2.80. The van der Waals surface area contributed by atoms with Crippen LogP contribution in [0, 0.1) is 0 Å². The Morgan fingerprint density at radius 3 is 2.25 bits per heavy atom. The van der Waals surface area contributed by atoms with Gasteiger partial charge < -0.3 is 10.1 Å². The van der Waals surface area contributed by atoms with Crippen LogP contribution in [0.25, 0.3) is 0 Å². The second kappa shape index (κ2) is 6.82. The van der Waals surface area contributed by atoms with Crippen LogP contribution in [0.15, 0.2) is 24.3 Å². The number of fused-ring (bicyclic) bond motifs is 1. The molecule has 2 aliphatic rings. The van der Waals surface area contributed by atoms with Crippen LogP contribution in [-0.2, 0) is 14.3 Å². The molecule has 126 valence electrons. The number of amides is 3. The summed E-state index contributed by atoms with van der Waals surface area (Å²) in [5.74, 6) is -2.20. The van der Waals surface area contributed by atoms with Crippen LogP contribution in [-0.4, -0.2) is 47.8 Å². The second-order valence-electron chi connectivity index (χ2n) is 5.95. The number of imide groups is 1. The molecule has 1 aromatic rings. The van der Waals surface area contributed by atoms with E-state index in [1.807, 2.05) is 0 Å². The first kappa shape index (κ1) is 16.2. The fourth-order valence-corrected chi connectivity index (χ4v) is 3.04. The maximum absolute atomic E-state index is 12.1. The average molecular weight is 330 g/mol. The standard InChI is InChI=1S/C17H18N2O5/c20-14(18-11-5-1-2-6-11)10-24-15(21)9-19-16(22)12-7-3-4-8-13(12)17(19)23/h3-4,7-8,11H,1-2,5-6,9-10H2,(H,18,20). The van der Waals surface area contributed by atoms with E-state index in [2.05, 4.69) is 5.32 Å². The lowest BCUT2D eigenvalue weighted by atomic mass is 10.1. The maximum Gasteiger partial charge on any atom is 0.326 e. The van der Waals surface area contributed by atoms with Gasteiger partial charge in [0.15, 0.2) is 6.61 Å². The second-order valence-corrected chi connectivity index (χ2v) is 5.95. The molecular weight excluding hydrogens is 312 g/mol. The normalized spacial score (nSPS) is 17.1. The Morgan fingerprint density at radius 1 is 1.08 bits per heavy atom. The summed E-state index contributed by atoms with van der Waals surface area (Å²) in [6, 6.07) is 6.53. The Balaban J connectivity index is 1.50. The molecule has 1 saturated carbocycles. The van der Waals surface area contributed by atoms with Crippen molar-refractivity contribution in [3.63, 3.8) is 0 Å². The molecule has 7 heteroatoms. The number of ether oxygens (including phenoxy) is 1. The minimum absolute atomic E-state index is 0.146. The van der Waals surface area contributed by atoms with Crippen LogP contribution >= 0.6 is 0 Å². The molecule has 0 aromatic heterocycles. The van der Waals surface area contributed by atoms with Gasteiger partial charge in [-0.3, -0.25) is 24.1 Å². The van der Waals surface area contributed by atoms with Crippen LogP contribution in [0.5, 0.6) is 0 Å². The van der Waals surface area contributed by atoms with Crippen molar-refractivity contribution in [3.8, 4) is 0 Å². The number of carbonyl (C=O) groups is 4. The number of rotatable bonds is 5. The van der Waals surface area contributed by atoms with Gasteiger partial charge >= 0.3 is 5.97 Å². The van der Waals surface area contributed by atoms with E-state index in [9.17, 15) is 19.2 Å². The quantitative estimate of drug-likeness (QED) is 0.639. The van der Waals surface area contributed by atoms with Gasteiger partial charge in [-0.25, -0.2) is 0 Å². The fraction of sp³-hybridized carbons (Fsp3) is 0.412. The zero-order chi connectivity index (χ0) is 17.1. The highest BCUT2D eigenvalue weighted by atomic mass is 16.5. The van der Waals surface area contributed by atoms with Gasteiger partial charge in [0.2, 0.25) is 0 Å². The minimum atomic E-state index is -0.786. The third kappa shape index (κ3) is 3.29. The topological polar surface area (TPSA) is 92.8 Å². The molecule has 1 fully saturated rings. The van der Waals surface area contributed by atoms with Crippen molar-refractivity contribution in [3.05, 3.63) is 35.4 Å². The highest BCUT2D eigenvalue weighted by Crippen LogP contribution is 2.22. The van der Waals surface area contributed by atoms with Crippen molar-refractivity contribution < 1.29 is 23.9 Å². The number of hydrogen-bond donors (Lipinski definition) is 1. The van der Waals surface area contributed by atoms with Crippen molar-refractivity contribution in [1.82, 2.24) is 10.2 Å². The molecule has 1 N–H and O–H groups in total. The summed E-state index contributed by atoms with van der Waals surface area (Å²) in [6.45, 7) is -0.901. The van der Waals surface area contributed by atoms with Gasteiger partial charge in [-0.05, 0) is 25.0 Å². The molecule has 1 aromatic carbocycles. The van der Waals surface area contributed by atoms with Crippen LogP contribution in [0.2, 0.25) is 0 Å². The summed E-state index contributed by atoms with van der Waals surface area (Å²) in [6.07, 6.45) is 4.05. The Labute approximate surface area is 139 Å². The number of hydrogen-bond acceptors (Lipinski definition) is 5. The van der Waals surface area contributed by atoms with Gasteiger partial charge in [0.05, 0.1) is 11.1 Å². The summed E-state index contributed by atoms with van der Waals surface area (Å²) in [5.41, 5.74) is 0.545. The molecule has 1 aliphatic heterocycles. The van der Waals surface area contributed by atoms with E-state index in [0.29, 0.717) is 0 Å². The highest BCUT2D eigenvalue weighted by Gasteiger charge is 2.36. The molecule has 0 radical (unpaired) electrons. The van der Waals surface area contributed by atoms with Gasteiger partial charge in [-0.1, -0.05) is 25.0 Å². The van der Waals surface area contributed by atoms with E-state index >= 15 is 0 Å². The fourth-order valence-electron chi connectivity index (χ4n) is 3.04. The molecular formula is C17H18N2O5. The van der Waals surface area contributed by atoms with Crippen LogP contribution in [0.1, 0.15) is 46.4 Å². The Kier molecular flexibility index (Phi) is 4.59. The Hall–Kier alpha value is -2.70. The van der Waals surface area contributed by atoms with Gasteiger partial charge in [0.1, 0.15) is 6.54 Å². The van der Waals surface area contributed by atoms with Crippen molar-refractivity contribution >= 4 is 23.7 Å². The summed E-state index contributed by atoms with van der Waals surface area (Å²) in [4.78, 5) is 48.6. The van der Waals surface area contributed by atoms with Crippen molar-refractivity contribution in [1.29, 1.82) is 0 Å². The first-order valence-corrected chi connectivity index (χ1v) is 7.96. The first-order valence-electron chi connectivity index (χ1n) is 7.96. The smallest absolute Gasteiger partial charge is 0.326 e. The third-order valence-electron chi connectivity index (χ3n) is 4.25. The van der Waals surface area contributed by atoms with Crippen molar-refractivity contribution in [2.45, 2.75) is 31.7 Å². The Bertz CT molecular complexity index is 659. The summed E-state index contributed by atoms with van der Waals surface area (Å²) >= 11 is 0. The van der Waals surface area contributed by atoms with Crippen LogP contribution < -0.4 is 5.32 Å². The molecule has 0 atom stereocenters. The number of esters is 1. The van der Waals surface area contributed by atoms with Crippen molar-refractivity contribution in [2.75, 3.05) is 13.2 Å². The molecule has 0 saturated heterocycles. The summed E-state index contributed by atoms with van der Waals surface area (Å²) < 4.78 is 4.87. The van der Waals surface area contributed by atoms with Crippen molar-refractivity contribution in [2.24, 2.45) is 0 Å². The molecule has 1 aliphatic carbocycles. The number of carbonyl (C=O) groups excluding carboxylic acids is 4. The molecule has 0 bridgehead atoms. The van der Waals surface area contributed by atoms with E-state index in [1.54, 1.807) is 12.1 Å². The number of nitrogens with one attached hydrogen (secondary N) is 1. The van der Waals surface area contributed by atoms with E-state index in [-0.39, 0.29) is 23.1 Å². The maximum atomic E-state index is 12.1. The Morgan fingerprint density at radius 2 is 1.67 bits per heavy atom. The predicted molar refractivity (Wildman–Crippen MR) is 83.2 cm³/mol. The van der Waals surface area contributed by atoms with Crippen LogP contribution in [0.4, 0.5) is 0 Å². The molecule has 7 nitrogen and oxygen atoms in total. The van der Waals surface area contributed by atoms with Crippen LogP contribution in [0.3, 0.4) is 0 Å². The zero-order valence-corrected chi connectivity index (χ0v) is 13.1. The molecule has 1 heterocycles. The SMILES string of the molecule is O=C(COC(=O)CN1C(=O)c2ccccc2C1=O)NC1CCCC1. The van der Waals surface area contributed by atoms with E-state index in [1.165, 1.54) is 12.1 Å². The van der Waals surface area contributed by atoms with E-state index < -0.39 is 30.9 Å². The van der Waals surface area contributed by atoms with Gasteiger partial charge in [-0.2, -0.15) is 0 Å². The molecule has 0 spiro atoms. The largest absolute Gasteiger partial charge is 0.454 e. The lowest BCUT2D eigenvalue weighted by Gasteiger charge is -2.14. The lowest BCUT2D eigenvalue weighted by molar-refractivity contribution is -0.148. The highest BCUT2D eigenvalue weighted by molar-refractivity contribution is 6.22. The molecule has 0 unspecified atom stereocenters. The minimum Gasteiger partial charge on any atom is -0.454 e. The van der Waals surface area contributed by atoms with Gasteiger partial charge in [0, 0.05) is 6.04 Å². The lowest BCUT2D eigenvalue weighted by Crippen LogP contribution is -2.39. The summed E-state index contributed by atoms with van der Waals surface area (Å²) in [7, 11) is 0. The number of nitrogens with zero attached hydrogens (tertiary/aromatic N) is 1. The number of benzene rings is 1. The van der Waals surface area contributed by atoms with E-state index in [4.69, 9.17) is 4.74 Å². The van der Waals surface area contributed by atoms with E-state index in [0.717, 1.165) is 30.6 Å².